The van der Waals surface area contributed by atoms with Gasteiger partial charge in [-0.1, -0.05) is 6.92 Å². The number of aromatic nitrogens is 2. The fraction of sp³-hybridized carbons (Fsp3) is 0.667. The molecule has 1 heterocycles. The molecule has 0 radical (unpaired) electrons. The van der Waals surface area contributed by atoms with E-state index in [2.05, 4.69) is 22.2 Å². The Kier molecular flexibility index (Phi) is 2.99. The number of rotatable bonds is 5. The van der Waals surface area contributed by atoms with Gasteiger partial charge >= 0.3 is 0 Å². The normalized spacial score (nSPS) is 16.9. The van der Waals surface area contributed by atoms with E-state index in [1.54, 1.807) is 7.11 Å². The van der Waals surface area contributed by atoms with Gasteiger partial charge in [-0.2, -0.15) is 4.98 Å². The molecule has 16 heavy (non-hydrogen) atoms. The topological polar surface area (TPSA) is 47.0 Å². The van der Waals surface area contributed by atoms with Gasteiger partial charge in [-0.05, 0) is 31.6 Å². The number of methoxy groups -OCH3 is 1. The van der Waals surface area contributed by atoms with E-state index in [0.717, 1.165) is 18.2 Å². The van der Waals surface area contributed by atoms with Crippen molar-refractivity contribution >= 4 is 5.82 Å². The summed E-state index contributed by atoms with van der Waals surface area (Å²) >= 11 is 0. The number of hydrogen-bond acceptors (Lipinski definition) is 4. The summed E-state index contributed by atoms with van der Waals surface area (Å²) in [6, 6.07) is 1.85. The maximum Gasteiger partial charge on any atom is 0.218 e. The van der Waals surface area contributed by atoms with E-state index in [1.807, 2.05) is 13.0 Å². The molecule has 88 valence electrons. The highest BCUT2D eigenvalue weighted by atomic mass is 16.5. The molecule has 1 saturated carbocycles. The maximum atomic E-state index is 5.12. The van der Waals surface area contributed by atoms with Crippen LogP contribution in [0.4, 0.5) is 5.82 Å². The Morgan fingerprint density at radius 2 is 2.19 bits per heavy atom. The average Bonchev–Trinajstić information content (AvgIpc) is 3.06. The molecule has 1 N–H and O–H groups in total. The Hall–Kier alpha value is -1.32. The smallest absolute Gasteiger partial charge is 0.218 e. The summed E-state index contributed by atoms with van der Waals surface area (Å²) in [6.45, 7) is 5.13. The number of ether oxygens (including phenoxy) is 1. The van der Waals surface area contributed by atoms with Crippen molar-refractivity contribution in [1.82, 2.24) is 9.97 Å². The van der Waals surface area contributed by atoms with Crippen molar-refractivity contribution in [1.29, 1.82) is 0 Å². The van der Waals surface area contributed by atoms with Crippen molar-refractivity contribution < 1.29 is 4.74 Å². The second kappa shape index (κ2) is 4.28. The minimum Gasteiger partial charge on any atom is -0.481 e. The standard InChI is InChI=1S/C12H19N3O/c1-4-12(5-6-12)8-13-10-7-11(16-3)15-9(2)14-10/h7H,4-6,8H2,1-3H3,(H,13,14,15). The predicted octanol–water partition coefficient (Wildman–Crippen LogP) is 2.40. The molecular weight excluding hydrogens is 202 g/mol. The lowest BCUT2D eigenvalue weighted by Gasteiger charge is -2.14. The Morgan fingerprint density at radius 3 is 2.75 bits per heavy atom. The van der Waals surface area contributed by atoms with Crippen molar-refractivity contribution in [2.45, 2.75) is 33.1 Å². The highest BCUT2D eigenvalue weighted by Gasteiger charge is 2.40. The van der Waals surface area contributed by atoms with E-state index in [0.29, 0.717) is 11.3 Å². The zero-order valence-electron chi connectivity index (χ0n) is 10.2. The van der Waals surface area contributed by atoms with Gasteiger partial charge in [0.2, 0.25) is 5.88 Å². The monoisotopic (exact) mass is 221 g/mol. The fourth-order valence-electron chi connectivity index (χ4n) is 1.85. The van der Waals surface area contributed by atoms with Crippen LogP contribution < -0.4 is 10.1 Å². The maximum absolute atomic E-state index is 5.12. The first kappa shape index (κ1) is 11.2. The van der Waals surface area contributed by atoms with Gasteiger partial charge < -0.3 is 10.1 Å². The van der Waals surface area contributed by atoms with E-state index in [9.17, 15) is 0 Å². The van der Waals surface area contributed by atoms with E-state index in [4.69, 9.17) is 4.74 Å². The molecule has 0 amide bonds. The third-order valence-corrected chi connectivity index (χ3v) is 3.38. The molecular formula is C12H19N3O. The van der Waals surface area contributed by atoms with Crippen LogP contribution in [0.1, 0.15) is 32.0 Å². The molecule has 0 aliphatic heterocycles. The van der Waals surface area contributed by atoms with Crippen LogP contribution in [0.2, 0.25) is 0 Å². The summed E-state index contributed by atoms with van der Waals surface area (Å²) in [7, 11) is 1.62. The van der Waals surface area contributed by atoms with E-state index in [-0.39, 0.29) is 0 Å². The molecule has 0 unspecified atom stereocenters. The summed E-state index contributed by atoms with van der Waals surface area (Å²) in [5.74, 6) is 2.23. The molecule has 0 bridgehead atoms. The molecule has 1 aromatic heterocycles. The van der Waals surface area contributed by atoms with Crippen molar-refractivity contribution in [2.24, 2.45) is 5.41 Å². The van der Waals surface area contributed by atoms with E-state index < -0.39 is 0 Å². The van der Waals surface area contributed by atoms with E-state index in [1.165, 1.54) is 19.3 Å². The molecule has 1 fully saturated rings. The SMILES string of the molecule is CCC1(CNc2cc(OC)nc(C)n2)CC1. The van der Waals surface area contributed by atoms with Crippen LogP contribution in [0.3, 0.4) is 0 Å². The molecule has 4 heteroatoms. The fourth-order valence-corrected chi connectivity index (χ4v) is 1.85. The molecule has 0 spiro atoms. The number of nitrogens with one attached hydrogen (secondary N) is 1. The van der Waals surface area contributed by atoms with Crippen molar-refractivity contribution in [2.75, 3.05) is 19.0 Å². The third kappa shape index (κ3) is 2.43. The Bertz CT molecular complexity index is 375. The number of anilines is 1. The van der Waals surface area contributed by atoms with Crippen molar-refractivity contribution in [3.63, 3.8) is 0 Å². The number of nitrogens with zero attached hydrogens (tertiary/aromatic N) is 2. The van der Waals surface area contributed by atoms with Crippen LogP contribution >= 0.6 is 0 Å². The van der Waals surface area contributed by atoms with Crippen LogP contribution in [0.5, 0.6) is 5.88 Å². The summed E-state index contributed by atoms with van der Waals surface area (Å²) in [5.41, 5.74) is 0.520. The lowest BCUT2D eigenvalue weighted by Crippen LogP contribution is -2.15. The van der Waals surface area contributed by atoms with Crippen LogP contribution in [0, 0.1) is 12.3 Å². The Morgan fingerprint density at radius 1 is 1.44 bits per heavy atom. The predicted molar refractivity (Wildman–Crippen MR) is 63.8 cm³/mol. The molecule has 0 atom stereocenters. The first-order valence-electron chi connectivity index (χ1n) is 5.81. The minimum absolute atomic E-state index is 0.520. The lowest BCUT2D eigenvalue weighted by atomic mass is 10.0. The summed E-state index contributed by atoms with van der Waals surface area (Å²) < 4.78 is 5.12. The van der Waals surface area contributed by atoms with Gasteiger partial charge in [0.05, 0.1) is 7.11 Å². The highest BCUT2D eigenvalue weighted by Crippen LogP contribution is 2.48. The largest absolute Gasteiger partial charge is 0.481 e. The summed E-state index contributed by atoms with van der Waals surface area (Å²) in [4.78, 5) is 8.50. The zero-order chi connectivity index (χ0) is 11.6. The zero-order valence-corrected chi connectivity index (χ0v) is 10.2. The van der Waals surface area contributed by atoms with Gasteiger partial charge in [0.15, 0.2) is 0 Å². The average molecular weight is 221 g/mol. The minimum atomic E-state index is 0.520. The molecule has 0 aromatic carbocycles. The van der Waals surface area contributed by atoms with E-state index >= 15 is 0 Å². The molecule has 1 aromatic rings. The van der Waals surface area contributed by atoms with Gasteiger partial charge in [0, 0.05) is 12.6 Å². The Balaban J connectivity index is 2.01. The highest BCUT2D eigenvalue weighted by molar-refractivity contribution is 5.38. The molecule has 1 aliphatic carbocycles. The molecule has 4 nitrogen and oxygen atoms in total. The van der Waals surface area contributed by atoms with Gasteiger partial charge in [0.1, 0.15) is 11.6 Å². The number of hydrogen-bond donors (Lipinski definition) is 1. The summed E-state index contributed by atoms with van der Waals surface area (Å²) in [5, 5.41) is 3.38. The first-order chi connectivity index (χ1) is 7.67. The molecule has 2 rings (SSSR count). The Labute approximate surface area is 96.4 Å². The summed E-state index contributed by atoms with van der Waals surface area (Å²) in [6.07, 6.45) is 3.90. The third-order valence-electron chi connectivity index (χ3n) is 3.38. The van der Waals surface area contributed by atoms with Crippen LogP contribution in [-0.4, -0.2) is 23.6 Å². The van der Waals surface area contributed by atoms with Crippen molar-refractivity contribution in [3.05, 3.63) is 11.9 Å². The van der Waals surface area contributed by atoms with Crippen LogP contribution in [0.25, 0.3) is 0 Å². The second-order valence-electron chi connectivity index (χ2n) is 4.55. The van der Waals surface area contributed by atoms with Crippen LogP contribution in [-0.2, 0) is 0 Å². The van der Waals surface area contributed by atoms with Gasteiger partial charge in [-0.15, -0.1) is 0 Å². The second-order valence-corrected chi connectivity index (χ2v) is 4.55. The van der Waals surface area contributed by atoms with Crippen molar-refractivity contribution in [3.8, 4) is 5.88 Å². The number of aryl methyl sites for hydroxylation is 1. The van der Waals surface area contributed by atoms with Gasteiger partial charge in [0.25, 0.3) is 0 Å². The van der Waals surface area contributed by atoms with Gasteiger partial charge in [-0.25, -0.2) is 4.98 Å². The molecule has 1 aliphatic rings. The van der Waals surface area contributed by atoms with Gasteiger partial charge in [-0.3, -0.25) is 0 Å². The molecule has 0 saturated heterocycles. The van der Waals surface area contributed by atoms with Crippen LogP contribution in [0.15, 0.2) is 6.07 Å². The first-order valence-corrected chi connectivity index (χ1v) is 5.81. The quantitative estimate of drug-likeness (QED) is 0.829. The lowest BCUT2D eigenvalue weighted by molar-refractivity contribution is 0.395.